The third kappa shape index (κ3) is 5.22. The van der Waals surface area contributed by atoms with Gasteiger partial charge >= 0.3 is 0 Å². The molecule has 2 atom stereocenters. The number of fused-ring (bicyclic) bond motifs is 13. The van der Waals surface area contributed by atoms with Crippen molar-refractivity contribution in [2.75, 3.05) is 14.7 Å². The van der Waals surface area contributed by atoms with E-state index in [-0.39, 0.29) is 23.1 Å². The SMILES string of the molecule is Cc1cc2c3c(c1)N(c1cccc4oc5ccccc5c14)c1ccc(C(C)(C)C)cc1B3c1ccc(N3c4ccccc4C4(C)CCCCC34C)cc1N2c1ccc2oc3ccccc3c2c1. The van der Waals surface area contributed by atoms with Gasteiger partial charge in [0.15, 0.2) is 0 Å². The van der Waals surface area contributed by atoms with E-state index in [4.69, 9.17) is 8.83 Å². The van der Waals surface area contributed by atoms with Gasteiger partial charge in [-0.1, -0.05) is 119 Å². The Hall–Kier alpha value is -7.18. The van der Waals surface area contributed by atoms with E-state index in [0.29, 0.717) is 0 Å². The summed E-state index contributed by atoms with van der Waals surface area (Å²) in [5, 5.41) is 4.49. The highest BCUT2D eigenvalue weighted by Crippen LogP contribution is 2.61. The molecular formula is C61H52BN3O2. The number of rotatable bonds is 3. The Kier molecular flexibility index (Phi) is 7.85. The number of nitrogens with zero attached hydrogens (tertiary/aromatic N) is 3. The fraction of sp³-hybridized carbons (Fsp3) is 0.213. The van der Waals surface area contributed by atoms with E-state index in [9.17, 15) is 0 Å². The van der Waals surface area contributed by atoms with Gasteiger partial charge in [-0.2, -0.15) is 0 Å². The topological polar surface area (TPSA) is 36.0 Å². The monoisotopic (exact) mass is 869 g/mol. The summed E-state index contributed by atoms with van der Waals surface area (Å²) in [6.07, 6.45) is 4.83. The number of furan rings is 2. The van der Waals surface area contributed by atoms with E-state index in [2.05, 4.69) is 214 Å². The zero-order valence-electron chi connectivity index (χ0n) is 39.1. The second-order valence-electron chi connectivity index (χ2n) is 21.3. The van der Waals surface area contributed by atoms with Gasteiger partial charge in [-0.15, -0.1) is 0 Å². The molecule has 3 aliphatic heterocycles. The molecule has 0 spiro atoms. The molecule has 0 bridgehead atoms. The first kappa shape index (κ1) is 39.0. The highest BCUT2D eigenvalue weighted by Gasteiger charge is 2.58. The van der Waals surface area contributed by atoms with Crippen LogP contribution >= 0.6 is 0 Å². The van der Waals surface area contributed by atoms with Crippen LogP contribution in [-0.4, -0.2) is 12.3 Å². The Labute approximate surface area is 392 Å². The van der Waals surface area contributed by atoms with Crippen molar-refractivity contribution < 1.29 is 8.83 Å². The Balaban J connectivity index is 1.08. The summed E-state index contributed by atoms with van der Waals surface area (Å²) < 4.78 is 13.0. The molecule has 4 aliphatic rings. The van der Waals surface area contributed by atoms with E-state index < -0.39 is 0 Å². The van der Waals surface area contributed by atoms with E-state index in [1.165, 1.54) is 86.5 Å². The number of para-hydroxylation sites is 3. The molecular weight excluding hydrogens is 818 g/mol. The normalized spacial score (nSPS) is 19.6. The molecule has 326 valence electrons. The van der Waals surface area contributed by atoms with Crippen LogP contribution in [0, 0.1) is 6.92 Å². The van der Waals surface area contributed by atoms with Crippen LogP contribution in [0.2, 0.25) is 0 Å². The molecule has 10 aromatic rings. The number of anilines is 8. The Morgan fingerprint density at radius 2 is 1.18 bits per heavy atom. The second-order valence-corrected chi connectivity index (χ2v) is 21.3. The molecule has 2 aromatic heterocycles. The minimum atomic E-state index is -0.0726. The molecule has 6 heteroatoms. The van der Waals surface area contributed by atoms with E-state index in [0.717, 1.165) is 61.7 Å². The average molecular weight is 870 g/mol. The maximum atomic E-state index is 6.58. The zero-order valence-corrected chi connectivity index (χ0v) is 39.1. The smallest absolute Gasteiger partial charge is 0.252 e. The van der Waals surface area contributed by atoms with Crippen molar-refractivity contribution in [1.82, 2.24) is 0 Å². The van der Waals surface area contributed by atoms with Gasteiger partial charge in [0.2, 0.25) is 0 Å². The number of hydrogen-bond acceptors (Lipinski definition) is 5. The standard InChI is InChI=1S/C61H52BN3O2/c1-37-32-51-58-52(33-37)64(49-20-15-23-56-57(49)42-17-8-12-22-54(42)67-56)48-28-24-38(59(2,3)4)34-46(48)62(58)45-27-25-40(65-47-19-10-9-18-44(47)60(5)30-13-14-31-61(60,65)6)36-50(45)63(51)39-26-29-55-43(35-39)41-16-7-11-21-53(41)66-55/h7-12,15-29,32-36H,13-14,30-31H2,1-6H3. The van der Waals surface area contributed by atoms with Crippen LogP contribution in [0.4, 0.5) is 45.5 Å². The summed E-state index contributed by atoms with van der Waals surface area (Å²) in [4.78, 5) is 7.86. The molecule has 0 radical (unpaired) electrons. The fourth-order valence-electron chi connectivity index (χ4n) is 13.2. The molecule has 8 aromatic carbocycles. The van der Waals surface area contributed by atoms with Crippen molar-refractivity contribution in [1.29, 1.82) is 0 Å². The average Bonchev–Trinajstić information content (AvgIpc) is 3.96. The van der Waals surface area contributed by atoms with Crippen LogP contribution in [0.1, 0.15) is 77.0 Å². The third-order valence-corrected chi connectivity index (χ3v) is 16.6. The molecule has 0 N–H and O–H groups in total. The number of aryl methyl sites for hydroxylation is 1. The molecule has 14 rings (SSSR count). The van der Waals surface area contributed by atoms with Crippen LogP contribution in [0.3, 0.4) is 0 Å². The zero-order chi connectivity index (χ0) is 45.1. The van der Waals surface area contributed by atoms with Crippen molar-refractivity contribution in [2.24, 2.45) is 0 Å². The van der Waals surface area contributed by atoms with Crippen molar-refractivity contribution in [3.8, 4) is 0 Å². The first-order chi connectivity index (χ1) is 32.5. The summed E-state index contributed by atoms with van der Waals surface area (Å²) >= 11 is 0. The predicted molar refractivity (Wildman–Crippen MR) is 281 cm³/mol. The molecule has 2 unspecified atom stereocenters. The fourth-order valence-corrected chi connectivity index (χ4v) is 13.2. The molecule has 67 heavy (non-hydrogen) atoms. The maximum Gasteiger partial charge on any atom is 0.252 e. The van der Waals surface area contributed by atoms with Crippen LogP contribution in [0.5, 0.6) is 0 Å². The summed E-state index contributed by atoms with van der Waals surface area (Å²) in [7, 11) is 0. The molecule has 1 saturated carbocycles. The summed E-state index contributed by atoms with van der Waals surface area (Å²) in [6, 6.07) is 59.1. The largest absolute Gasteiger partial charge is 0.456 e. The van der Waals surface area contributed by atoms with Crippen LogP contribution in [-0.2, 0) is 10.8 Å². The van der Waals surface area contributed by atoms with Gasteiger partial charge in [0.25, 0.3) is 6.71 Å². The van der Waals surface area contributed by atoms with E-state index in [1.54, 1.807) is 0 Å². The summed E-state index contributed by atoms with van der Waals surface area (Å²) in [5.41, 5.74) is 21.1. The lowest BCUT2D eigenvalue weighted by Gasteiger charge is -2.50. The lowest BCUT2D eigenvalue weighted by molar-refractivity contribution is 0.195. The Bertz CT molecular complexity index is 3740. The molecule has 5 nitrogen and oxygen atoms in total. The van der Waals surface area contributed by atoms with Gasteiger partial charge in [0.1, 0.15) is 22.3 Å². The van der Waals surface area contributed by atoms with E-state index in [1.807, 2.05) is 0 Å². The molecule has 1 aliphatic carbocycles. The minimum absolute atomic E-state index is 0.0281. The summed E-state index contributed by atoms with van der Waals surface area (Å²) in [5.74, 6) is 0. The van der Waals surface area contributed by atoms with Gasteiger partial charge in [-0.3, -0.25) is 0 Å². The lowest BCUT2D eigenvalue weighted by Crippen LogP contribution is -2.61. The Morgan fingerprint density at radius 3 is 2.01 bits per heavy atom. The van der Waals surface area contributed by atoms with Crippen LogP contribution < -0.4 is 31.1 Å². The first-order valence-electron chi connectivity index (χ1n) is 24.2. The van der Waals surface area contributed by atoms with Gasteiger partial charge in [-0.25, -0.2) is 0 Å². The molecule has 0 amide bonds. The van der Waals surface area contributed by atoms with Gasteiger partial charge < -0.3 is 23.5 Å². The van der Waals surface area contributed by atoms with Gasteiger partial charge in [-0.05, 0) is 144 Å². The highest BCUT2D eigenvalue weighted by atomic mass is 16.3. The van der Waals surface area contributed by atoms with Gasteiger partial charge in [0, 0.05) is 61.4 Å². The second kappa shape index (κ2) is 13.5. The highest BCUT2D eigenvalue weighted by molar-refractivity contribution is 7.00. The number of benzene rings is 8. The maximum absolute atomic E-state index is 6.58. The molecule has 0 saturated heterocycles. The van der Waals surface area contributed by atoms with Crippen molar-refractivity contribution in [2.45, 2.75) is 83.6 Å². The first-order valence-corrected chi connectivity index (χ1v) is 24.2. The van der Waals surface area contributed by atoms with Gasteiger partial charge in [0.05, 0.1) is 16.6 Å². The number of hydrogen-bond donors (Lipinski definition) is 0. The molecule has 5 heterocycles. The van der Waals surface area contributed by atoms with E-state index >= 15 is 0 Å². The Morgan fingerprint density at radius 1 is 0.507 bits per heavy atom. The van der Waals surface area contributed by atoms with Crippen molar-refractivity contribution in [3.63, 3.8) is 0 Å². The summed E-state index contributed by atoms with van der Waals surface area (Å²) in [6.45, 7) is 14.3. The minimum Gasteiger partial charge on any atom is -0.456 e. The van der Waals surface area contributed by atoms with Crippen LogP contribution in [0.15, 0.2) is 167 Å². The van der Waals surface area contributed by atoms with Crippen molar-refractivity contribution >= 4 is 112 Å². The third-order valence-electron chi connectivity index (χ3n) is 16.6. The van der Waals surface area contributed by atoms with Crippen molar-refractivity contribution in [3.05, 3.63) is 174 Å². The van der Waals surface area contributed by atoms with Crippen LogP contribution in [0.25, 0.3) is 43.9 Å². The quantitative estimate of drug-likeness (QED) is 0.165. The lowest BCUT2D eigenvalue weighted by atomic mass is 9.33. The molecule has 1 fully saturated rings. The predicted octanol–water partition coefficient (Wildman–Crippen LogP) is 14.9.